The van der Waals surface area contributed by atoms with Crippen molar-refractivity contribution in [1.82, 2.24) is 0 Å². The second kappa shape index (κ2) is 3.01. The highest BCUT2D eigenvalue weighted by atomic mass is 19.3. The normalized spacial score (nSPS) is 32.9. The quantitative estimate of drug-likeness (QED) is 0.661. The predicted molar refractivity (Wildman–Crippen MR) is 41.6 cm³/mol. The average Bonchev–Trinajstić information content (AvgIpc) is 2.50. The van der Waals surface area contributed by atoms with Gasteiger partial charge in [-0.25, -0.2) is 8.78 Å². The third-order valence-corrected chi connectivity index (χ3v) is 2.82. The van der Waals surface area contributed by atoms with Crippen LogP contribution in [0, 0.1) is 11.8 Å². The number of hydrogen-bond donors (Lipinski definition) is 0. The van der Waals surface area contributed by atoms with E-state index >= 15 is 0 Å². The maximum absolute atomic E-state index is 12.5. The Kier molecular flexibility index (Phi) is 2.10. The molecule has 1 atom stereocenters. The minimum atomic E-state index is -2.58. The van der Waals surface area contributed by atoms with Crippen molar-refractivity contribution >= 4 is 5.78 Å². The highest BCUT2D eigenvalue weighted by Crippen LogP contribution is 2.44. The lowest BCUT2D eigenvalue weighted by atomic mass is 9.75. The molecule has 74 valence electrons. The van der Waals surface area contributed by atoms with Gasteiger partial charge in [0, 0.05) is 31.3 Å². The molecule has 0 aromatic carbocycles. The largest absolute Gasteiger partial charge is 0.381 e. The van der Waals surface area contributed by atoms with Crippen LogP contribution in [0.4, 0.5) is 8.78 Å². The predicted octanol–water partition coefficient (Wildman–Crippen LogP) is 1.64. The number of carbonyl (C=O) groups excluding carboxylic acids is 1. The molecule has 1 aliphatic heterocycles. The minimum Gasteiger partial charge on any atom is -0.381 e. The molecule has 1 aliphatic carbocycles. The van der Waals surface area contributed by atoms with E-state index in [9.17, 15) is 13.6 Å². The van der Waals surface area contributed by atoms with Gasteiger partial charge < -0.3 is 4.74 Å². The maximum Gasteiger partial charge on any atom is 0.249 e. The van der Waals surface area contributed by atoms with Gasteiger partial charge in [0.05, 0.1) is 6.61 Å². The minimum absolute atomic E-state index is 0.0107. The fourth-order valence-corrected chi connectivity index (χ4v) is 1.95. The van der Waals surface area contributed by atoms with E-state index in [1.54, 1.807) is 0 Å². The highest BCUT2D eigenvalue weighted by molar-refractivity contribution is 5.84. The smallest absolute Gasteiger partial charge is 0.249 e. The first-order chi connectivity index (χ1) is 6.08. The third kappa shape index (κ3) is 1.73. The van der Waals surface area contributed by atoms with E-state index in [-0.39, 0.29) is 24.5 Å². The molecule has 1 saturated heterocycles. The van der Waals surface area contributed by atoms with E-state index < -0.39 is 11.8 Å². The van der Waals surface area contributed by atoms with Crippen LogP contribution in [0.15, 0.2) is 0 Å². The second-order valence-electron chi connectivity index (χ2n) is 3.92. The van der Waals surface area contributed by atoms with Crippen LogP contribution in [0.1, 0.15) is 19.3 Å². The van der Waals surface area contributed by atoms with E-state index in [1.165, 1.54) is 0 Å². The SMILES string of the molecule is O=C(C1CCOC1)C1CC(F)(F)C1. The first kappa shape index (κ1) is 9.06. The zero-order valence-electron chi connectivity index (χ0n) is 7.26. The van der Waals surface area contributed by atoms with Crippen molar-refractivity contribution in [2.24, 2.45) is 11.8 Å². The number of halogens is 2. The zero-order valence-corrected chi connectivity index (χ0v) is 7.26. The lowest BCUT2D eigenvalue weighted by Crippen LogP contribution is -2.42. The number of ether oxygens (including phenoxy) is 1. The molecule has 2 rings (SSSR count). The molecule has 2 fully saturated rings. The molecule has 1 saturated carbocycles. The van der Waals surface area contributed by atoms with E-state index in [4.69, 9.17) is 4.74 Å². The van der Waals surface area contributed by atoms with Gasteiger partial charge in [0.15, 0.2) is 0 Å². The third-order valence-electron chi connectivity index (χ3n) is 2.82. The fourth-order valence-electron chi connectivity index (χ4n) is 1.95. The molecular weight excluding hydrogens is 178 g/mol. The van der Waals surface area contributed by atoms with Crippen molar-refractivity contribution in [3.8, 4) is 0 Å². The average molecular weight is 190 g/mol. The van der Waals surface area contributed by atoms with Crippen molar-refractivity contribution < 1.29 is 18.3 Å². The zero-order chi connectivity index (χ0) is 9.47. The Labute approximate surface area is 75.3 Å². The van der Waals surface area contributed by atoms with Gasteiger partial charge in [-0.05, 0) is 6.42 Å². The number of ketones is 1. The Balaban J connectivity index is 1.85. The van der Waals surface area contributed by atoms with Crippen molar-refractivity contribution in [2.75, 3.05) is 13.2 Å². The van der Waals surface area contributed by atoms with Crippen molar-refractivity contribution in [1.29, 1.82) is 0 Å². The molecule has 0 bridgehead atoms. The molecule has 0 amide bonds. The summed E-state index contributed by atoms with van der Waals surface area (Å²) in [5, 5.41) is 0. The molecule has 2 aliphatic rings. The summed E-state index contributed by atoms with van der Waals surface area (Å²) >= 11 is 0. The van der Waals surface area contributed by atoms with Gasteiger partial charge in [-0.2, -0.15) is 0 Å². The Morgan fingerprint density at radius 2 is 2.00 bits per heavy atom. The van der Waals surface area contributed by atoms with Gasteiger partial charge in [0.2, 0.25) is 5.92 Å². The number of hydrogen-bond acceptors (Lipinski definition) is 2. The fraction of sp³-hybridized carbons (Fsp3) is 0.889. The van der Waals surface area contributed by atoms with Crippen LogP contribution in [-0.2, 0) is 9.53 Å². The van der Waals surface area contributed by atoms with E-state index in [0.29, 0.717) is 19.6 Å². The first-order valence-corrected chi connectivity index (χ1v) is 4.58. The molecule has 1 unspecified atom stereocenters. The molecule has 2 nitrogen and oxygen atoms in total. The standard InChI is InChI=1S/C9H12F2O2/c10-9(11)3-7(4-9)8(12)6-1-2-13-5-6/h6-7H,1-5H2. The summed E-state index contributed by atoms with van der Waals surface area (Å²) in [6.45, 7) is 1.03. The summed E-state index contributed by atoms with van der Waals surface area (Å²) in [5.74, 6) is -3.11. The summed E-state index contributed by atoms with van der Waals surface area (Å²) in [6, 6.07) is 0. The molecule has 0 aromatic heterocycles. The van der Waals surface area contributed by atoms with E-state index in [2.05, 4.69) is 0 Å². The number of alkyl halides is 2. The van der Waals surface area contributed by atoms with E-state index in [1.807, 2.05) is 0 Å². The summed E-state index contributed by atoms with van der Waals surface area (Å²) in [6.07, 6.45) is 0.214. The molecule has 0 spiro atoms. The Hall–Kier alpha value is -0.510. The summed E-state index contributed by atoms with van der Waals surface area (Å²) in [4.78, 5) is 11.5. The lowest BCUT2D eigenvalue weighted by Gasteiger charge is -2.34. The van der Waals surface area contributed by atoms with Crippen LogP contribution >= 0.6 is 0 Å². The van der Waals surface area contributed by atoms with Crippen LogP contribution in [0.3, 0.4) is 0 Å². The molecule has 0 N–H and O–H groups in total. The molecule has 1 heterocycles. The van der Waals surface area contributed by atoms with Crippen LogP contribution in [0.2, 0.25) is 0 Å². The highest BCUT2D eigenvalue weighted by Gasteiger charge is 2.50. The van der Waals surface area contributed by atoms with Crippen LogP contribution in [0.5, 0.6) is 0 Å². The molecule has 13 heavy (non-hydrogen) atoms. The van der Waals surface area contributed by atoms with Gasteiger partial charge in [0.25, 0.3) is 0 Å². The van der Waals surface area contributed by atoms with Gasteiger partial charge in [-0.3, -0.25) is 4.79 Å². The lowest BCUT2D eigenvalue weighted by molar-refractivity contribution is -0.151. The summed E-state index contributed by atoms with van der Waals surface area (Å²) < 4.78 is 29.9. The van der Waals surface area contributed by atoms with Crippen LogP contribution in [-0.4, -0.2) is 24.9 Å². The monoisotopic (exact) mass is 190 g/mol. The van der Waals surface area contributed by atoms with E-state index in [0.717, 1.165) is 0 Å². The molecule has 0 aromatic rings. The van der Waals surface area contributed by atoms with Crippen molar-refractivity contribution in [3.05, 3.63) is 0 Å². The van der Waals surface area contributed by atoms with Crippen LogP contribution < -0.4 is 0 Å². The van der Waals surface area contributed by atoms with Gasteiger partial charge in [-0.15, -0.1) is 0 Å². The maximum atomic E-state index is 12.5. The van der Waals surface area contributed by atoms with Gasteiger partial charge >= 0.3 is 0 Å². The molecule has 0 radical (unpaired) electrons. The van der Waals surface area contributed by atoms with Crippen LogP contribution in [0.25, 0.3) is 0 Å². The number of Topliss-reactive ketones (excluding diaryl/α,β-unsaturated/α-hetero) is 1. The molecular formula is C9H12F2O2. The first-order valence-electron chi connectivity index (χ1n) is 4.58. The number of carbonyl (C=O) groups is 1. The number of rotatable bonds is 2. The van der Waals surface area contributed by atoms with Gasteiger partial charge in [-0.1, -0.05) is 0 Å². The molecule has 4 heteroatoms. The van der Waals surface area contributed by atoms with Gasteiger partial charge in [0.1, 0.15) is 5.78 Å². The topological polar surface area (TPSA) is 26.3 Å². The summed E-state index contributed by atoms with van der Waals surface area (Å²) in [5.41, 5.74) is 0. The van der Waals surface area contributed by atoms with Crippen molar-refractivity contribution in [2.45, 2.75) is 25.2 Å². The Morgan fingerprint density at radius 3 is 2.46 bits per heavy atom. The Bertz CT molecular complexity index is 214. The second-order valence-corrected chi connectivity index (χ2v) is 3.92. The summed E-state index contributed by atoms with van der Waals surface area (Å²) in [7, 11) is 0. The van der Waals surface area contributed by atoms with Crippen molar-refractivity contribution in [3.63, 3.8) is 0 Å². The Morgan fingerprint density at radius 1 is 1.31 bits per heavy atom.